The fourth-order valence-electron chi connectivity index (χ4n) is 6.38. The summed E-state index contributed by atoms with van der Waals surface area (Å²) < 4.78 is 18.5. The van der Waals surface area contributed by atoms with Gasteiger partial charge in [0.2, 0.25) is 0 Å². The predicted molar refractivity (Wildman–Crippen MR) is 159 cm³/mol. The lowest BCUT2D eigenvalue weighted by atomic mass is 9.65. The molecular formula is C35H38O7. The van der Waals surface area contributed by atoms with Crippen molar-refractivity contribution in [2.75, 3.05) is 7.11 Å². The van der Waals surface area contributed by atoms with E-state index in [2.05, 4.69) is 34.3 Å². The minimum Gasteiger partial charge on any atom is -0.493 e. The van der Waals surface area contributed by atoms with Crippen molar-refractivity contribution in [2.45, 2.75) is 72.3 Å². The van der Waals surface area contributed by atoms with Crippen LogP contribution in [0.15, 0.2) is 71.7 Å². The van der Waals surface area contributed by atoms with Crippen molar-refractivity contribution in [3.63, 3.8) is 0 Å². The number of carboxylic acid groups (broad SMARTS) is 1. The monoisotopic (exact) mass is 570 g/mol. The second-order valence-electron chi connectivity index (χ2n) is 13.1. The molecule has 3 aliphatic rings. The summed E-state index contributed by atoms with van der Waals surface area (Å²) >= 11 is 0. The van der Waals surface area contributed by atoms with E-state index in [1.54, 1.807) is 37.5 Å². The average molecular weight is 571 g/mol. The maximum absolute atomic E-state index is 13.7. The number of carbonyl (C=O) groups is 3. The van der Waals surface area contributed by atoms with Crippen molar-refractivity contribution in [1.82, 2.24) is 0 Å². The summed E-state index contributed by atoms with van der Waals surface area (Å²) in [5.41, 5.74) is 3.26. The van der Waals surface area contributed by atoms with E-state index in [0.717, 1.165) is 16.7 Å². The number of carbonyl (C=O) groups excluding carboxylic acids is 2. The van der Waals surface area contributed by atoms with E-state index in [1.165, 1.54) is 0 Å². The fraction of sp³-hybridized carbons (Fsp3) is 0.400. The number of benzene rings is 2. The lowest BCUT2D eigenvalue weighted by Gasteiger charge is -2.42. The Morgan fingerprint density at radius 1 is 0.976 bits per heavy atom. The molecule has 0 atom stereocenters. The molecule has 1 N–H and O–H groups in total. The first-order chi connectivity index (χ1) is 19.8. The molecule has 0 amide bonds. The van der Waals surface area contributed by atoms with Crippen LogP contribution in [-0.2, 0) is 27.4 Å². The second-order valence-corrected chi connectivity index (χ2v) is 13.1. The van der Waals surface area contributed by atoms with Gasteiger partial charge in [0.15, 0.2) is 23.1 Å². The lowest BCUT2D eigenvalue weighted by molar-refractivity contribution is -0.120. The van der Waals surface area contributed by atoms with Gasteiger partial charge >= 0.3 is 5.97 Å². The van der Waals surface area contributed by atoms with Crippen LogP contribution >= 0.6 is 0 Å². The number of carboxylic acids is 1. The van der Waals surface area contributed by atoms with Gasteiger partial charge in [0, 0.05) is 48.3 Å². The molecule has 0 unspecified atom stereocenters. The second kappa shape index (κ2) is 10.9. The van der Waals surface area contributed by atoms with Crippen LogP contribution in [-0.4, -0.2) is 29.8 Å². The first kappa shape index (κ1) is 29.4. The molecule has 1 heterocycles. The zero-order valence-electron chi connectivity index (χ0n) is 25.0. The maximum atomic E-state index is 13.7. The number of aromatic carboxylic acids is 1. The Morgan fingerprint density at radius 2 is 1.55 bits per heavy atom. The van der Waals surface area contributed by atoms with Gasteiger partial charge in [-0.05, 0) is 46.6 Å². The molecule has 0 saturated carbocycles. The van der Waals surface area contributed by atoms with E-state index in [0.29, 0.717) is 66.3 Å². The molecule has 42 heavy (non-hydrogen) atoms. The van der Waals surface area contributed by atoms with Crippen LogP contribution in [0.3, 0.4) is 0 Å². The Hall–Kier alpha value is -4.13. The van der Waals surface area contributed by atoms with Crippen LogP contribution in [0, 0.1) is 10.8 Å². The normalized spacial score (nSPS) is 19.5. The summed E-state index contributed by atoms with van der Waals surface area (Å²) in [7, 11) is 1.56. The smallest absolute Gasteiger partial charge is 0.335 e. The number of allylic oxidation sites excluding steroid dienone is 5. The third-order valence-corrected chi connectivity index (χ3v) is 8.24. The van der Waals surface area contributed by atoms with Crippen molar-refractivity contribution in [1.29, 1.82) is 0 Å². The largest absolute Gasteiger partial charge is 0.493 e. The highest BCUT2D eigenvalue weighted by Gasteiger charge is 2.48. The van der Waals surface area contributed by atoms with Crippen LogP contribution in [0.2, 0.25) is 0 Å². The number of methoxy groups -OCH3 is 1. The molecule has 2 aromatic carbocycles. The lowest BCUT2D eigenvalue weighted by Crippen LogP contribution is -2.37. The van der Waals surface area contributed by atoms with E-state index < -0.39 is 11.9 Å². The first-order valence-electron chi connectivity index (χ1n) is 14.3. The summed E-state index contributed by atoms with van der Waals surface area (Å²) in [6, 6.07) is 10.4. The van der Waals surface area contributed by atoms with E-state index in [4.69, 9.17) is 14.2 Å². The standard InChI is InChI=1S/C35H38O7/c1-7-8-22-13-23(14-26(40-6)32(22)41-19-20-9-11-21(12-10-20)33(38)39)29-30-24(36)15-34(2,3)17-27(30)42-28-18-35(4,5)16-25(37)31(28)29/h7,9-14,29H,1,8,15-19H2,2-6H3,(H,38,39). The Morgan fingerprint density at radius 3 is 2.05 bits per heavy atom. The van der Waals surface area contributed by atoms with Crippen molar-refractivity contribution in [2.24, 2.45) is 10.8 Å². The van der Waals surface area contributed by atoms with Gasteiger partial charge in [0.1, 0.15) is 18.1 Å². The number of ether oxygens (including phenoxy) is 3. The Kier molecular flexibility index (Phi) is 7.64. The number of ketones is 2. The maximum Gasteiger partial charge on any atom is 0.335 e. The van der Waals surface area contributed by atoms with E-state index in [1.807, 2.05) is 12.1 Å². The van der Waals surface area contributed by atoms with Gasteiger partial charge in [-0.25, -0.2) is 4.79 Å². The molecule has 5 rings (SSSR count). The van der Waals surface area contributed by atoms with Crippen LogP contribution in [0.25, 0.3) is 0 Å². The molecule has 0 aromatic heterocycles. The van der Waals surface area contributed by atoms with Gasteiger partial charge < -0.3 is 19.3 Å². The highest BCUT2D eigenvalue weighted by atomic mass is 16.5. The number of hydrogen-bond acceptors (Lipinski definition) is 6. The van der Waals surface area contributed by atoms with Crippen molar-refractivity contribution < 1.29 is 33.7 Å². The molecule has 0 bridgehead atoms. The zero-order valence-corrected chi connectivity index (χ0v) is 25.0. The van der Waals surface area contributed by atoms with Gasteiger partial charge in [0.25, 0.3) is 0 Å². The zero-order chi connectivity index (χ0) is 30.4. The van der Waals surface area contributed by atoms with Crippen LogP contribution in [0.4, 0.5) is 0 Å². The van der Waals surface area contributed by atoms with Crippen LogP contribution < -0.4 is 9.47 Å². The quantitative estimate of drug-likeness (QED) is 0.338. The summed E-state index contributed by atoms with van der Waals surface area (Å²) in [6.45, 7) is 12.4. The van der Waals surface area contributed by atoms with Gasteiger partial charge in [-0.2, -0.15) is 0 Å². The SMILES string of the molecule is C=CCc1cc(C2C3=C(CC(C)(C)CC3=O)OC3=C2C(=O)CC(C)(C)C3)cc(OC)c1OCc1ccc(C(=O)O)cc1. The number of rotatable bonds is 8. The summed E-state index contributed by atoms with van der Waals surface area (Å²) in [5.74, 6) is 0.818. The molecule has 0 fully saturated rings. The average Bonchev–Trinajstić information content (AvgIpc) is 2.89. The van der Waals surface area contributed by atoms with Crippen LogP contribution in [0.5, 0.6) is 11.5 Å². The molecule has 0 radical (unpaired) electrons. The molecule has 2 aliphatic carbocycles. The van der Waals surface area contributed by atoms with E-state index in [-0.39, 0.29) is 34.6 Å². The molecule has 7 heteroatoms. The van der Waals surface area contributed by atoms with Gasteiger partial charge in [0.05, 0.1) is 12.7 Å². The first-order valence-corrected chi connectivity index (χ1v) is 14.3. The molecule has 0 spiro atoms. The third-order valence-electron chi connectivity index (χ3n) is 8.24. The topological polar surface area (TPSA) is 99.1 Å². The molecule has 220 valence electrons. The fourth-order valence-corrected chi connectivity index (χ4v) is 6.38. The van der Waals surface area contributed by atoms with Crippen LogP contribution in [0.1, 0.15) is 86.3 Å². The minimum atomic E-state index is -0.988. The van der Waals surface area contributed by atoms with E-state index >= 15 is 0 Å². The summed E-state index contributed by atoms with van der Waals surface area (Å²) in [4.78, 5) is 38.6. The highest BCUT2D eigenvalue weighted by molar-refractivity contribution is 6.06. The van der Waals surface area contributed by atoms with Crippen molar-refractivity contribution >= 4 is 17.5 Å². The van der Waals surface area contributed by atoms with Gasteiger partial charge in [-0.15, -0.1) is 6.58 Å². The van der Waals surface area contributed by atoms with Crippen molar-refractivity contribution in [3.8, 4) is 11.5 Å². The Labute approximate surface area is 246 Å². The molecule has 2 aromatic rings. The predicted octanol–water partition coefficient (Wildman–Crippen LogP) is 7.10. The Bertz CT molecular complexity index is 1480. The number of hydrogen-bond donors (Lipinski definition) is 1. The molecular weight excluding hydrogens is 532 g/mol. The third kappa shape index (κ3) is 5.65. The molecule has 1 aliphatic heterocycles. The molecule has 0 saturated heterocycles. The Balaban J connectivity index is 1.60. The van der Waals surface area contributed by atoms with Gasteiger partial charge in [-0.1, -0.05) is 52.0 Å². The minimum absolute atomic E-state index is 0.00445. The summed E-state index contributed by atoms with van der Waals surface area (Å²) in [5, 5.41) is 9.20. The molecule has 7 nitrogen and oxygen atoms in total. The van der Waals surface area contributed by atoms with Crippen molar-refractivity contribution in [3.05, 3.63) is 94.0 Å². The highest BCUT2D eigenvalue weighted by Crippen LogP contribution is 2.54. The van der Waals surface area contributed by atoms with Gasteiger partial charge in [-0.3, -0.25) is 9.59 Å². The number of Topliss-reactive ketones (excluding diaryl/α,β-unsaturated/α-hetero) is 2. The van der Waals surface area contributed by atoms with E-state index in [9.17, 15) is 19.5 Å². The summed E-state index contributed by atoms with van der Waals surface area (Å²) in [6.07, 6.45) is 4.25.